The van der Waals surface area contributed by atoms with Gasteiger partial charge in [-0.2, -0.15) is 0 Å². The first-order valence-corrected chi connectivity index (χ1v) is 9.07. The van der Waals surface area contributed by atoms with Crippen LogP contribution in [-0.4, -0.2) is 56.0 Å². The molecule has 9 heteroatoms. The topological polar surface area (TPSA) is 92.4 Å². The molecule has 2 saturated heterocycles. The third-order valence-corrected chi connectivity index (χ3v) is 5.74. The summed E-state index contributed by atoms with van der Waals surface area (Å²) in [5.41, 5.74) is 2.03. The number of carbonyl (C=O) groups excluding carboxylic acids is 2. The van der Waals surface area contributed by atoms with Crippen LogP contribution in [0.3, 0.4) is 0 Å². The minimum Gasteiger partial charge on any atom is -0.361 e. The van der Waals surface area contributed by atoms with Crippen molar-refractivity contribution in [3.8, 4) is 0 Å². The molecule has 2 aromatic heterocycles. The Labute approximate surface area is 148 Å². The Morgan fingerprint density at radius 3 is 2.92 bits per heavy atom. The number of hydrogen-bond donors (Lipinski definition) is 0. The molecule has 2 amide bonds. The van der Waals surface area contributed by atoms with Gasteiger partial charge in [0.25, 0.3) is 5.91 Å². The summed E-state index contributed by atoms with van der Waals surface area (Å²) in [7, 11) is 0. The first-order valence-electron chi connectivity index (χ1n) is 8.23. The number of nitrogens with zero attached hydrogens (tertiary/aromatic N) is 5. The maximum Gasteiger partial charge on any atom is 0.275 e. The smallest absolute Gasteiger partial charge is 0.275 e. The van der Waals surface area contributed by atoms with Gasteiger partial charge in [0.2, 0.25) is 5.91 Å². The van der Waals surface area contributed by atoms with Crippen LogP contribution < -0.4 is 0 Å². The maximum absolute atomic E-state index is 12.5. The number of likely N-dealkylation sites (tertiary alicyclic amines) is 2. The fourth-order valence-electron chi connectivity index (χ4n) is 3.85. The van der Waals surface area contributed by atoms with E-state index in [0.29, 0.717) is 38.3 Å². The van der Waals surface area contributed by atoms with Gasteiger partial charge in [-0.15, -0.1) is 5.10 Å². The second kappa shape index (κ2) is 5.91. The summed E-state index contributed by atoms with van der Waals surface area (Å²) in [6.07, 6.45) is 1.32. The summed E-state index contributed by atoms with van der Waals surface area (Å²) in [5, 5.41) is 9.48. The summed E-state index contributed by atoms with van der Waals surface area (Å²) in [4.78, 5) is 28.7. The largest absolute Gasteiger partial charge is 0.361 e. The zero-order valence-corrected chi connectivity index (χ0v) is 15.0. The Kier molecular flexibility index (Phi) is 3.82. The van der Waals surface area contributed by atoms with Crippen LogP contribution in [0.1, 0.15) is 40.3 Å². The molecule has 2 fully saturated rings. The lowest BCUT2D eigenvalue weighted by Gasteiger charge is -2.24. The van der Waals surface area contributed by atoms with Crippen LogP contribution >= 0.6 is 11.5 Å². The Morgan fingerprint density at radius 2 is 2.24 bits per heavy atom. The summed E-state index contributed by atoms with van der Waals surface area (Å²) < 4.78 is 8.95. The molecule has 0 aromatic carbocycles. The van der Waals surface area contributed by atoms with E-state index in [1.165, 1.54) is 11.5 Å². The fourth-order valence-corrected chi connectivity index (χ4v) is 4.28. The van der Waals surface area contributed by atoms with E-state index in [9.17, 15) is 9.59 Å². The van der Waals surface area contributed by atoms with Crippen LogP contribution in [0.2, 0.25) is 0 Å². The third-order valence-electron chi connectivity index (χ3n) is 5.24. The van der Waals surface area contributed by atoms with Crippen LogP contribution in [0.25, 0.3) is 0 Å². The molecule has 25 heavy (non-hydrogen) atoms. The third kappa shape index (κ3) is 2.82. The Morgan fingerprint density at radius 1 is 1.40 bits per heavy atom. The molecular formula is C16H19N5O3S. The minimum absolute atomic E-state index is 0.0951. The number of amides is 2. The van der Waals surface area contributed by atoms with Crippen LogP contribution in [0.15, 0.2) is 9.90 Å². The quantitative estimate of drug-likeness (QED) is 0.821. The zero-order valence-electron chi connectivity index (χ0n) is 14.2. The van der Waals surface area contributed by atoms with Crippen molar-refractivity contribution in [2.75, 3.05) is 19.6 Å². The standard InChI is InChI=1S/C16H19N5O3S/c1-10-12(11(2)24-18-10)6-21-9-16(5-14(21)22)3-4-20(8-16)15(23)13-7-25-19-17-13/h7H,3-6,8-9H2,1-2H3. The number of hydrogen-bond acceptors (Lipinski definition) is 7. The molecule has 0 N–H and O–H groups in total. The van der Waals surface area contributed by atoms with Gasteiger partial charge in [-0.25, -0.2) is 0 Å². The van der Waals surface area contributed by atoms with E-state index in [0.717, 1.165) is 23.4 Å². The highest BCUT2D eigenvalue weighted by molar-refractivity contribution is 7.03. The van der Waals surface area contributed by atoms with Gasteiger partial charge in [0.05, 0.1) is 12.2 Å². The molecule has 0 aliphatic carbocycles. The van der Waals surface area contributed by atoms with E-state index in [-0.39, 0.29) is 17.2 Å². The highest BCUT2D eigenvalue weighted by Gasteiger charge is 2.48. The van der Waals surface area contributed by atoms with Gasteiger partial charge in [-0.1, -0.05) is 9.64 Å². The Balaban J connectivity index is 1.46. The molecule has 1 unspecified atom stereocenters. The van der Waals surface area contributed by atoms with Crippen molar-refractivity contribution in [3.05, 3.63) is 28.1 Å². The molecule has 4 heterocycles. The zero-order chi connectivity index (χ0) is 17.6. The average Bonchev–Trinajstić information content (AvgIpc) is 3.34. The number of rotatable bonds is 3. The summed E-state index contributed by atoms with van der Waals surface area (Å²) in [6, 6.07) is 0. The molecule has 2 aliphatic heterocycles. The average molecular weight is 361 g/mol. The van der Waals surface area contributed by atoms with Crippen molar-refractivity contribution in [1.82, 2.24) is 24.5 Å². The van der Waals surface area contributed by atoms with Gasteiger partial charge >= 0.3 is 0 Å². The van der Waals surface area contributed by atoms with E-state index in [2.05, 4.69) is 14.7 Å². The number of carbonyl (C=O) groups is 2. The second-order valence-corrected chi connectivity index (χ2v) is 7.61. The monoisotopic (exact) mass is 361 g/mol. The van der Waals surface area contributed by atoms with Gasteiger partial charge < -0.3 is 14.3 Å². The molecule has 2 aromatic rings. The van der Waals surface area contributed by atoms with Gasteiger partial charge in [0.15, 0.2) is 5.69 Å². The molecule has 1 atom stereocenters. The highest BCUT2D eigenvalue weighted by atomic mass is 32.1. The molecule has 0 saturated carbocycles. The minimum atomic E-state index is -0.158. The second-order valence-electron chi connectivity index (χ2n) is 7.00. The lowest BCUT2D eigenvalue weighted by atomic mass is 9.86. The van der Waals surface area contributed by atoms with Gasteiger partial charge in [0, 0.05) is 42.4 Å². The number of aryl methyl sites for hydroxylation is 2. The predicted molar refractivity (Wildman–Crippen MR) is 88.9 cm³/mol. The van der Waals surface area contributed by atoms with E-state index < -0.39 is 0 Å². The van der Waals surface area contributed by atoms with Crippen LogP contribution in [0.5, 0.6) is 0 Å². The first-order chi connectivity index (χ1) is 12.0. The first kappa shape index (κ1) is 16.2. The maximum atomic E-state index is 12.5. The predicted octanol–water partition coefficient (Wildman–Crippen LogP) is 1.41. The molecule has 0 bridgehead atoms. The highest BCUT2D eigenvalue weighted by Crippen LogP contribution is 2.41. The fraction of sp³-hybridized carbons (Fsp3) is 0.562. The Hall–Kier alpha value is -2.29. The van der Waals surface area contributed by atoms with Crippen LogP contribution in [0, 0.1) is 19.3 Å². The molecule has 4 rings (SSSR count). The van der Waals surface area contributed by atoms with Gasteiger partial charge in [-0.05, 0) is 31.8 Å². The summed E-state index contributed by atoms with van der Waals surface area (Å²) in [6.45, 7) is 6.18. The van der Waals surface area contributed by atoms with Crippen molar-refractivity contribution < 1.29 is 14.1 Å². The molecular weight excluding hydrogens is 342 g/mol. The van der Waals surface area contributed by atoms with Crippen LogP contribution in [-0.2, 0) is 11.3 Å². The van der Waals surface area contributed by atoms with E-state index in [1.54, 1.807) is 10.3 Å². The molecule has 1 spiro atoms. The van der Waals surface area contributed by atoms with Crippen molar-refractivity contribution in [1.29, 1.82) is 0 Å². The molecule has 2 aliphatic rings. The lowest BCUT2D eigenvalue weighted by molar-refractivity contribution is -0.128. The lowest BCUT2D eigenvalue weighted by Crippen LogP contribution is -2.34. The van der Waals surface area contributed by atoms with Crippen molar-refractivity contribution in [3.63, 3.8) is 0 Å². The van der Waals surface area contributed by atoms with Crippen LogP contribution in [0.4, 0.5) is 0 Å². The Bertz CT molecular complexity index is 798. The van der Waals surface area contributed by atoms with Gasteiger partial charge in [-0.3, -0.25) is 9.59 Å². The van der Waals surface area contributed by atoms with Crippen molar-refractivity contribution >= 4 is 23.3 Å². The van der Waals surface area contributed by atoms with Crippen molar-refractivity contribution in [2.24, 2.45) is 5.41 Å². The molecule has 132 valence electrons. The van der Waals surface area contributed by atoms with E-state index in [4.69, 9.17) is 4.52 Å². The number of aromatic nitrogens is 3. The van der Waals surface area contributed by atoms with Gasteiger partial charge in [0.1, 0.15) is 5.76 Å². The van der Waals surface area contributed by atoms with E-state index >= 15 is 0 Å². The normalized spacial score (nSPS) is 23.2. The van der Waals surface area contributed by atoms with Crippen molar-refractivity contribution in [2.45, 2.75) is 33.2 Å². The summed E-state index contributed by atoms with van der Waals surface area (Å²) >= 11 is 1.17. The summed E-state index contributed by atoms with van der Waals surface area (Å²) in [5.74, 6) is 0.789. The molecule has 0 radical (unpaired) electrons. The van der Waals surface area contributed by atoms with E-state index in [1.807, 2.05) is 18.7 Å². The molecule has 8 nitrogen and oxygen atoms in total. The SMILES string of the molecule is Cc1noc(C)c1CN1CC2(CCN(C(=O)c3csnn3)C2)CC1=O.